The monoisotopic (exact) mass is 383 g/mol. The molecule has 6 nitrogen and oxygen atoms in total. The molecule has 0 aliphatic carbocycles. The first-order valence-electron chi connectivity index (χ1n) is 8.09. The molecule has 0 amide bonds. The summed E-state index contributed by atoms with van der Waals surface area (Å²) in [5.41, 5.74) is 3.02. The summed E-state index contributed by atoms with van der Waals surface area (Å²) in [5.74, 6) is -0.232. The third-order valence-corrected chi connectivity index (χ3v) is 5.68. The maximum atomic E-state index is 12.4. The van der Waals surface area contributed by atoms with Gasteiger partial charge < -0.3 is 0 Å². The molecule has 8 heteroatoms. The van der Waals surface area contributed by atoms with Crippen molar-refractivity contribution in [2.45, 2.75) is 31.3 Å². The van der Waals surface area contributed by atoms with Crippen molar-refractivity contribution in [3.63, 3.8) is 0 Å². The molecule has 0 aliphatic rings. The lowest BCUT2D eigenvalue weighted by Gasteiger charge is -2.03. The number of benzene rings is 1. The molecular weight excluding hydrogens is 366 g/mol. The van der Waals surface area contributed by atoms with E-state index < -0.39 is 5.92 Å². The number of hydrogen-bond donors (Lipinski definition) is 1. The molecule has 26 heavy (non-hydrogen) atoms. The van der Waals surface area contributed by atoms with Gasteiger partial charge in [-0.3, -0.25) is 9.89 Å². The van der Waals surface area contributed by atoms with Crippen molar-refractivity contribution in [1.82, 2.24) is 20.2 Å². The number of carbonyl (C=O) groups excluding carboxylic acids is 1. The topological polar surface area (TPSA) is 95.3 Å². The summed E-state index contributed by atoms with van der Waals surface area (Å²) in [6, 6.07) is 10.2. The number of ketones is 1. The van der Waals surface area contributed by atoms with E-state index in [1.165, 1.54) is 28.7 Å². The quantitative estimate of drug-likeness (QED) is 0.624. The zero-order chi connectivity index (χ0) is 18.5. The van der Waals surface area contributed by atoms with Crippen molar-refractivity contribution in [1.29, 1.82) is 5.26 Å². The van der Waals surface area contributed by atoms with Crippen molar-refractivity contribution < 1.29 is 4.79 Å². The molecule has 0 saturated heterocycles. The molecule has 0 bridgehead atoms. The molecule has 0 aliphatic heterocycles. The first-order chi connectivity index (χ1) is 12.6. The van der Waals surface area contributed by atoms with Gasteiger partial charge >= 0.3 is 0 Å². The number of thiazole rings is 1. The number of aromatic nitrogens is 4. The fourth-order valence-corrected chi connectivity index (χ4v) is 3.89. The highest BCUT2D eigenvalue weighted by Gasteiger charge is 2.23. The van der Waals surface area contributed by atoms with Gasteiger partial charge in [0.25, 0.3) is 0 Å². The minimum absolute atomic E-state index is 0.128. The van der Waals surface area contributed by atoms with Crippen molar-refractivity contribution in [3.8, 4) is 17.5 Å². The van der Waals surface area contributed by atoms with Gasteiger partial charge in [0.05, 0.1) is 11.8 Å². The molecule has 0 saturated carbocycles. The van der Waals surface area contributed by atoms with Crippen LogP contribution in [-0.4, -0.2) is 31.7 Å². The predicted octanol–water partition coefficient (Wildman–Crippen LogP) is 3.77. The minimum atomic E-state index is -0.832. The Kier molecular flexibility index (Phi) is 5.81. The number of Topliss-reactive ketones (excluding diaryl/α,β-unsaturated/α-hetero) is 1. The Morgan fingerprint density at radius 2 is 2.12 bits per heavy atom. The van der Waals surface area contributed by atoms with E-state index in [1.54, 1.807) is 0 Å². The van der Waals surface area contributed by atoms with E-state index in [0.29, 0.717) is 16.0 Å². The van der Waals surface area contributed by atoms with Gasteiger partial charge in [-0.1, -0.05) is 43.0 Å². The Hall–Kier alpha value is -2.50. The summed E-state index contributed by atoms with van der Waals surface area (Å²) in [7, 11) is 0. The van der Waals surface area contributed by atoms with Crippen LogP contribution in [0.25, 0.3) is 11.4 Å². The maximum absolute atomic E-state index is 12.4. The van der Waals surface area contributed by atoms with Gasteiger partial charge in [0.2, 0.25) is 5.16 Å². The number of nitrogens with zero attached hydrogens (tertiary/aromatic N) is 4. The Balaban J connectivity index is 1.63. The maximum Gasteiger partial charge on any atom is 0.209 e. The summed E-state index contributed by atoms with van der Waals surface area (Å²) in [4.78, 5) is 21.0. The number of hydrogen-bond acceptors (Lipinski definition) is 7. The van der Waals surface area contributed by atoms with Crippen LogP contribution in [0.15, 0.2) is 34.8 Å². The fraction of sp³-hybridized carbons (Fsp3) is 0.278. The number of nitrogens with one attached hydrogen (secondary N) is 1. The van der Waals surface area contributed by atoms with Gasteiger partial charge in [-0.15, -0.1) is 16.4 Å². The van der Waals surface area contributed by atoms with Gasteiger partial charge in [-0.25, -0.2) is 9.97 Å². The highest BCUT2D eigenvalue weighted by atomic mass is 32.2. The summed E-state index contributed by atoms with van der Waals surface area (Å²) in [5, 5.41) is 19.2. The summed E-state index contributed by atoms with van der Waals surface area (Å²) in [6.45, 7) is 3.95. The molecule has 3 rings (SSSR count). The van der Waals surface area contributed by atoms with E-state index in [9.17, 15) is 10.1 Å². The van der Waals surface area contributed by atoms with Crippen LogP contribution in [0.1, 0.15) is 29.1 Å². The average molecular weight is 384 g/mol. The molecule has 0 fully saturated rings. The largest absolute Gasteiger partial charge is 0.297 e. The first kappa shape index (κ1) is 18.3. The zero-order valence-corrected chi connectivity index (χ0v) is 16.0. The number of nitriles is 1. The van der Waals surface area contributed by atoms with Crippen LogP contribution in [0.5, 0.6) is 0 Å². The van der Waals surface area contributed by atoms with Crippen LogP contribution in [0.2, 0.25) is 0 Å². The Morgan fingerprint density at radius 1 is 1.35 bits per heavy atom. The van der Waals surface area contributed by atoms with Crippen molar-refractivity contribution in [3.05, 3.63) is 45.9 Å². The third kappa shape index (κ3) is 4.18. The molecule has 1 N–H and O–H groups in total. The molecular formula is C18H17N5OS2. The van der Waals surface area contributed by atoms with Crippen LogP contribution < -0.4 is 0 Å². The first-order valence-corrected chi connectivity index (χ1v) is 9.96. The second-order valence-electron chi connectivity index (χ2n) is 5.66. The standard InChI is InChI=1S/C18H17N5OS2/c1-3-12-4-6-13(7-5-12)16-21-18(23-22-16)26-10-15(24)14(8-19)17-20-11(2)9-25-17/h4-7,9,14H,3,10H2,1-2H3,(H,21,22,23)/t14-/m0/s1. The smallest absolute Gasteiger partial charge is 0.209 e. The lowest BCUT2D eigenvalue weighted by molar-refractivity contribution is -0.116. The third-order valence-electron chi connectivity index (χ3n) is 3.78. The van der Waals surface area contributed by atoms with Gasteiger partial charge in [0.15, 0.2) is 17.5 Å². The lowest BCUT2D eigenvalue weighted by atomic mass is 10.1. The molecule has 3 aromatic rings. The minimum Gasteiger partial charge on any atom is -0.297 e. The van der Waals surface area contributed by atoms with Gasteiger partial charge in [-0.05, 0) is 18.9 Å². The van der Waals surface area contributed by atoms with Crippen LogP contribution in [0.4, 0.5) is 0 Å². The SMILES string of the molecule is CCc1ccc(-c2nc(SCC(=O)[C@H](C#N)c3nc(C)cs3)n[nH]2)cc1. The van der Waals surface area contributed by atoms with Crippen molar-refractivity contribution in [2.24, 2.45) is 0 Å². The molecule has 0 unspecified atom stereocenters. The normalized spacial score (nSPS) is 11.9. The Morgan fingerprint density at radius 3 is 2.73 bits per heavy atom. The second kappa shape index (κ2) is 8.25. The van der Waals surface area contributed by atoms with Gasteiger partial charge in [-0.2, -0.15) is 5.26 Å². The van der Waals surface area contributed by atoms with Gasteiger partial charge in [0.1, 0.15) is 5.01 Å². The zero-order valence-electron chi connectivity index (χ0n) is 14.4. The molecule has 1 aromatic carbocycles. The van der Waals surface area contributed by atoms with E-state index >= 15 is 0 Å². The average Bonchev–Trinajstić information content (AvgIpc) is 3.30. The number of aryl methyl sites for hydroxylation is 2. The molecule has 0 radical (unpaired) electrons. The van der Waals surface area contributed by atoms with Crippen LogP contribution in [0.3, 0.4) is 0 Å². The molecule has 0 spiro atoms. The van der Waals surface area contributed by atoms with E-state index in [-0.39, 0.29) is 11.5 Å². The highest BCUT2D eigenvalue weighted by Crippen LogP contribution is 2.25. The second-order valence-corrected chi connectivity index (χ2v) is 7.49. The summed E-state index contributed by atoms with van der Waals surface area (Å²) < 4.78 is 0. The number of aromatic amines is 1. The van der Waals surface area contributed by atoms with Crippen molar-refractivity contribution >= 4 is 28.9 Å². The molecule has 2 heterocycles. The Labute approximate surface area is 159 Å². The summed E-state index contributed by atoms with van der Waals surface area (Å²) >= 11 is 2.56. The van der Waals surface area contributed by atoms with Crippen LogP contribution >= 0.6 is 23.1 Å². The van der Waals surface area contributed by atoms with Crippen molar-refractivity contribution in [2.75, 3.05) is 5.75 Å². The fourth-order valence-electron chi connectivity index (χ4n) is 2.33. The molecule has 132 valence electrons. The Bertz CT molecular complexity index is 939. The van der Waals surface area contributed by atoms with Crippen LogP contribution in [0, 0.1) is 18.3 Å². The lowest BCUT2D eigenvalue weighted by Crippen LogP contribution is -2.13. The van der Waals surface area contributed by atoms with E-state index in [4.69, 9.17) is 0 Å². The summed E-state index contributed by atoms with van der Waals surface area (Å²) in [6.07, 6.45) is 0.985. The van der Waals surface area contributed by atoms with E-state index in [0.717, 1.165) is 17.7 Å². The highest BCUT2D eigenvalue weighted by molar-refractivity contribution is 7.99. The van der Waals surface area contributed by atoms with E-state index in [1.807, 2.05) is 30.5 Å². The predicted molar refractivity (Wildman–Crippen MR) is 102 cm³/mol. The van der Waals surface area contributed by atoms with Crippen LogP contribution in [-0.2, 0) is 11.2 Å². The number of rotatable bonds is 7. The molecule has 2 aromatic heterocycles. The number of thioether (sulfide) groups is 1. The number of carbonyl (C=O) groups is 1. The van der Waals surface area contributed by atoms with Gasteiger partial charge in [0, 0.05) is 16.6 Å². The molecule has 1 atom stereocenters. The van der Waals surface area contributed by atoms with E-state index in [2.05, 4.69) is 39.2 Å². The number of H-pyrrole nitrogens is 1.